The molecule has 1 aliphatic carbocycles. The highest BCUT2D eigenvalue weighted by molar-refractivity contribution is 6.30. The molecule has 0 saturated heterocycles. The van der Waals surface area contributed by atoms with Crippen LogP contribution < -0.4 is 5.32 Å². The van der Waals surface area contributed by atoms with E-state index in [1.165, 1.54) is 19.3 Å². The fourth-order valence-corrected chi connectivity index (χ4v) is 3.94. The summed E-state index contributed by atoms with van der Waals surface area (Å²) in [6, 6.07) is 3.61. The number of hydrogen-bond acceptors (Lipinski definition) is 5. The maximum absolute atomic E-state index is 13.6. The molecule has 2 unspecified atom stereocenters. The van der Waals surface area contributed by atoms with E-state index in [1.807, 2.05) is 13.0 Å². The van der Waals surface area contributed by atoms with Gasteiger partial charge >= 0.3 is 5.97 Å². The summed E-state index contributed by atoms with van der Waals surface area (Å²) < 4.78 is 29.5. The summed E-state index contributed by atoms with van der Waals surface area (Å²) in [7, 11) is 2.87. The van der Waals surface area contributed by atoms with Crippen LogP contribution in [0.3, 0.4) is 0 Å². The van der Waals surface area contributed by atoms with Crippen LogP contribution in [-0.2, 0) is 14.3 Å². The molecule has 2 atom stereocenters. The van der Waals surface area contributed by atoms with Gasteiger partial charge in [-0.25, -0.2) is 9.18 Å². The standard InChI is InChI=1S/C20H21ClFNO4/c1-11-17(13-7-6-12(22)9-14(13)21)18(20(24)26-3)15(10-25-2)23-19(11)16-5-4-8-27-16/h4-6,8-9,13,17,23H,7,10H2,1-3H3. The molecule has 1 aromatic rings. The van der Waals surface area contributed by atoms with Gasteiger partial charge in [0.25, 0.3) is 0 Å². The van der Waals surface area contributed by atoms with E-state index in [2.05, 4.69) is 5.32 Å². The molecule has 2 aliphatic rings. The molecule has 144 valence electrons. The maximum atomic E-state index is 13.6. The van der Waals surface area contributed by atoms with Gasteiger partial charge in [0, 0.05) is 24.0 Å². The summed E-state index contributed by atoms with van der Waals surface area (Å²) >= 11 is 6.39. The molecular weight excluding hydrogens is 373 g/mol. The topological polar surface area (TPSA) is 60.7 Å². The van der Waals surface area contributed by atoms with Crippen LogP contribution in [0.5, 0.6) is 0 Å². The second-order valence-corrected chi connectivity index (χ2v) is 6.85. The van der Waals surface area contributed by atoms with Gasteiger partial charge < -0.3 is 19.2 Å². The predicted molar refractivity (Wildman–Crippen MR) is 100 cm³/mol. The fourth-order valence-electron chi connectivity index (χ4n) is 3.62. The average Bonchev–Trinajstić information content (AvgIpc) is 3.17. The molecule has 0 aromatic carbocycles. The molecule has 0 bridgehead atoms. The van der Waals surface area contributed by atoms with Crippen molar-refractivity contribution in [2.45, 2.75) is 13.3 Å². The minimum absolute atomic E-state index is 0.177. The smallest absolute Gasteiger partial charge is 0.336 e. The van der Waals surface area contributed by atoms with E-state index in [-0.39, 0.29) is 18.4 Å². The Bertz CT molecular complexity index is 851. The number of halogens is 2. The van der Waals surface area contributed by atoms with Crippen molar-refractivity contribution in [3.63, 3.8) is 0 Å². The lowest BCUT2D eigenvalue weighted by atomic mass is 9.74. The summed E-state index contributed by atoms with van der Waals surface area (Å²) in [5, 5.41) is 3.61. The molecule has 0 radical (unpaired) electrons. The zero-order chi connectivity index (χ0) is 19.6. The van der Waals surface area contributed by atoms with Crippen molar-refractivity contribution < 1.29 is 23.1 Å². The van der Waals surface area contributed by atoms with Crippen LogP contribution in [-0.4, -0.2) is 26.8 Å². The van der Waals surface area contributed by atoms with Crippen LogP contribution in [0.15, 0.2) is 62.7 Å². The number of esters is 1. The minimum atomic E-state index is -0.475. The first-order valence-electron chi connectivity index (χ1n) is 8.52. The monoisotopic (exact) mass is 393 g/mol. The number of ether oxygens (including phenoxy) is 2. The van der Waals surface area contributed by atoms with E-state index in [9.17, 15) is 9.18 Å². The van der Waals surface area contributed by atoms with Crippen LogP contribution in [0.2, 0.25) is 0 Å². The van der Waals surface area contributed by atoms with Crippen molar-refractivity contribution in [3.05, 3.63) is 64.0 Å². The number of dihydropyridines is 1. The summed E-state index contributed by atoms with van der Waals surface area (Å²) in [4.78, 5) is 12.6. The molecule has 0 saturated carbocycles. The zero-order valence-corrected chi connectivity index (χ0v) is 16.1. The number of carbonyl (C=O) groups is 1. The van der Waals surface area contributed by atoms with Crippen LogP contribution in [0.4, 0.5) is 4.39 Å². The van der Waals surface area contributed by atoms with Crippen LogP contribution in [0.25, 0.3) is 5.70 Å². The second-order valence-electron chi connectivity index (χ2n) is 6.42. The average molecular weight is 394 g/mol. The third-order valence-corrected chi connectivity index (χ3v) is 5.22. The van der Waals surface area contributed by atoms with E-state index in [1.54, 1.807) is 19.4 Å². The largest absolute Gasteiger partial charge is 0.466 e. The van der Waals surface area contributed by atoms with E-state index in [0.717, 1.165) is 11.3 Å². The van der Waals surface area contributed by atoms with Crippen molar-refractivity contribution in [2.75, 3.05) is 20.8 Å². The Hall–Kier alpha value is -2.31. The van der Waals surface area contributed by atoms with Gasteiger partial charge in [-0.1, -0.05) is 11.6 Å². The van der Waals surface area contributed by atoms with E-state index >= 15 is 0 Å². The molecule has 3 rings (SSSR count). The van der Waals surface area contributed by atoms with E-state index < -0.39 is 11.9 Å². The van der Waals surface area contributed by atoms with Crippen LogP contribution in [0, 0.1) is 11.8 Å². The van der Waals surface area contributed by atoms with Gasteiger partial charge in [0.2, 0.25) is 0 Å². The predicted octanol–water partition coefficient (Wildman–Crippen LogP) is 4.30. The van der Waals surface area contributed by atoms with Gasteiger partial charge in [-0.3, -0.25) is 0 Å². The summed E-state index contributed by atoms with van der Waals surface area (Å²) in [6.07, 6.45) is 4.72. The normalized spacial score (nSPS) is 23.0. The highest BCUT2D eigenvalue weighted by Gasteiger charge is 2.40. The molecule has 0 spiro atoms. The Labute approximate surface area is 162 Å². The summed E-state index contributed by atoms with van der Waals surface area (Å²) in [5.74, 6) is -0.917. The number of hydrogen-bond donors (Lipinski definition) is 1. The Balaban J connectivity index is 2.16. The lowest BCUT2D eigenvalue weighted by Gasteiger charge is -2.36. The molecule has 0 fully saturated rings. The molecule has 1 aliphatic heterocycles. The first-order valence-corrected chi connectivity index (χ1v) is 8.90. The van der Waals surface area contributed by atoms with Crippen molar-refractivity contribution in [3.8, 4) is 0 Å². The Morgan fingerprint density at radius 2 is 2.22 bits per heavy atom. The van der Waals surface area contributed by atoms with Gasteiger partial charge in [-0.2, -0.15) is 0 Å². The van der Waals surface area contributed by atoms with Crippen molar-refractivity contribution in [2.24, 2.45) is 11.8 Å². The highest BCUT2D eigenvalue weighted by atomic mass is 35.5. The molecule has 27 heavy (non-hydrogen) atoms. The molecule has 5 nitrogen and oxygen atoms in total. The van der Waals surface area contributed by atoms with E-state index in [4.69, 9.17) is 25.5 Å². The Kier molecular flexibility index (Phi) is 5.87. The van der Waals surface area contributed by atoms with E-state index in [0.29, 0.717) is 28.5 Å². The summed E-state index contributed by atoms with van der Waals surface area (Å²) in [6.45, 7) is 2.08. The van der Waals surface area contributed by atoms with Crippen LogP contribution in [0.1, 0.15) is 19.1 Å². The first kappa shape index (κ1) is 19.5. The van der Waals surface area contributed by atoms with Gasteiger partial charge in [0.1, 0.15) is 11.6 Å². The number of carbonyl (C=O) groups excluding carboxylic acids is 1. The third-order valence-electron chi connectivity index (χ3n) is 4.83. The molecule has 0 amide bonds. The number of methoxy groups -OCH3 is 2. The quantitative estimate of drug-likeness (QED) is 0.756. The fraction of sp³-hybridized carbons (Fsp3) is 0.350. The molecular formula is C20H21ClFNO4. The van der Waals surface area contributed by atoms with Crippen molar-refractivity contribution in [1.29, 1.82) is 0 Å². The van der Waals surface area contributed by atoms with Crippen molar-refractivity contribution in [1.82, 2.24) is 5.32 Å². The van der Waals surface area contributed by atoms with Gasteiger partial charge in [0.05, 0.1) is 36.9 Å². The number of allylic oxidation sites excluding steroid dienone is 5. The third kappa shape index (κ3) is 3.73. The molecule has 7 heteroatoms. The van der Waals surface area contributed by atoms with Gasteiger partial charge in [0.15, 0.2) is 0 Å². The highest BCUT2D eigenvalue weighted by Crippen LogP contribution is 2.45. The SMILES string of the molecule is COCC1=C(C(=O)OC)C(C2CC=C(F)C=C2Cl)C(C)=C(c2ccco2)N1. The first-order chi connectivity index (χ1) is 13.0. The Morgan fingerprint density at radius 1 is 1.44 bits per heavy atom. The molecule has 1 aromatic heterocycles. The van der Waals surface area contributed by atoms with Gasteiger partial charge in [-0.05, 0) is 43.2 Å². The molecule has 1 N–H and O–H groups in total. The number of rotatable bonds is 5. The lowest BCUT2D eigenvalue weighted by Crippen LogP contribution is -2.35. The number of nitrogens with one attached hydrogen (secondary N) is 1. The van der Waals surface area contributed by atoms with Crippen molar-refractivity contribution >= 4 is 23.3 Å². The van der Waals surface area contributed by atoms with Gasteiger partial charge in [-0.15, -0.1) is 0 Å². The minimum Gasteiger partial charge on any atom is -0.466 e. The maximum Gasteiger partial charge on any atom is 0.336 e. The Morgan fingerprint density at radius 3 is 2.81 bits per heavy atom. The summed E-state index contributed by atoms with van der Waals surface area (Å²) in [5.41, 5.74) is 2.60. The zero-order valence-electron chi connectivity index (χ0n) is 15.3. The number of furan rings is 1. The molecule has 2 heterocycles. The lowest BCUT2D eigenvalue weighted by molar-refractivity contribution is -0.137. The van der Waals surface area contributed by atoms with Crippen LogP contribution >= 0.6 is 11.6 Å². The second kappa shape index (κ2) is 8.15.